The van der Waals surface area contributed by atoms with Gasteiger partial charge in [0.2, 0.25) is 5.91 Å². The Morgan fingerprint density at radius 3 is 2.86 bits per heavy atom. The number of anilines is 1. The van der Waals surface area contributed by atoms with Gasteiger partial charge in [0.15, 0.2) is 5.82 Å². The van der Waals surface area contributed by atoms with Crippen molar-refractivity contribution in [1.29, 1.82) is 0 Å². The van der Waals surface area contributed by atoms with Gasteiger partial charge >= 0.3 is 0 Å². The molecular formula is C15H17N3O2S. The zero-order valence-corrected chi connectivity index (χ0v) is 13.0. The normalized spacial score (nSPS) is 21.4. The van der Waals surface area contributed by atoms with Crippen LogP contribution in [0.5, 0.6) is 5.75 Å². The number of thioether (sulfide) groups is 1. The van der Waals surface area contributed by atoms with E-state index in [1.165, 1.54) is 0 Å². The second-order valence-electron chi connectivity index (χ2n) is 5.00. The molecule has 21 heavy (non-hydrogen) atoms. The van der Waals surface area contributed by atoms with Crippen molar-refractivity contribution in [3.8, 4) is 5.75 Å². The number of para-hydroxylation sites is 1. The maximum Gasteiger partial charge on any atom is 0.238 e. The minimum absolute atomic E-state index is 0.00356. The van der Waals surface area contributed by atoms with Crippen molar-refractivity contribution < 1.29 is 9.53 Å². The number of carbonyl (C=O) groups excluding carboxylic acids is 1. The zero-order valence-electron chi connectivity index (χ0n) is 12.1. The Hall–Kier alpha value is -1.95. The van der Waals surface area contributed by atoms with E-state index in [9.17, 15) is 4.79 Å². The summed E-state index contributed by atoms with van der Waals surface area (Å²) in [6.45, 7) is 3.88. The summed E-state index contributed by atoms with van der Waals surface area (Å²) in [5, 5.41) is 9.91. The molecule has 0 saturated carbocycles. The number of H-pyrrole nitrogens is 1. The number of carbonyl (C=O) groups is 1. The summed E-state index contributed by atoms with van der Waals surface area (Å²) in [5.74, 6) is 1.42. The Labute approximate surface area is 127 Å². The number of nitrogens with one attached hydrogen (secondary N) is 2. The van der Waals surface area contributed by atoms with Crippen LogP contribution in [0.3, 0.4) is 0 Å². The first-order valence-electron chi connectivity index (χ1n) is 6.76. The molecule has 1 aromatic carbocycles. The maximum atomic E-state index is 12.1. The fourth-order valence-electron chi connectivity index (χ4n) is 2.52. The molecule has 2 aromatic rings. The number of fused-ring (bicyclic) bond motifs is 1. The van der Waals surface area contributed by atoms with Gasteiger partial charge in [-0.1, -0.05) is 18.2 Å². The van der Waals surface area contributed by atoms with E-state index in [4.69, 9.17) is 4.74 Å². The first-order valence-corrected chi connectivity index (χ1v) is 7.70. The van der Waals surface area contributed by atoms with Crippen LogP contribution < -0.4 is 10.1 Å². The fraction of sp³-hybridized carbons (Fsp3) is 0.333. The van der Waals surface area contributed by atoms with Crippen molar-refractivity contribution in [2.75, 3.05) is 12.4 Å². The summed E-state index contributed by atoms with van der Waals surface area (Å²) in [6, 6.07) is 7.91. The van der Waals surface area contributed by atoms with Crippen LogP contribution in [0.1, 0.15) is 29.0 Å². The van der Waals surface area contributed by atoms with Gasteiger partial charge in [0, 0.05) is 16.8 Å². The van der Waals surface area contributed by atoms with Gasteiger partial charge in [0.1, 0.15) is 5.75 Å². The third kappa shape index (κ3) is 2.40. The van der Waals surface area contributed by atoms with Gasteiger partial charge < -0.3 is 10.1 Å². The van der Waals surface area contributed by atoms with Gasteiger partial charge in [-0.3, -0.25) is 9.89 Å². The van der Waals surface area contributed by atoms with Gasteiger partial charge in [-0.05, 0) is 19.9 Å². The lowest BCUT2D eigenvalue weighted by molar-refractivity contribution is -0.115. The molecular weight excluding hydrogens is 286 g/mol. The summed E-state index contributed by atoms with van der Waals surface area (Å²) in [6.07, 6.45) is 0. The largest absolute Gasteiger partial charge is 0.496 e. The van der Waals surface area contributed by atoms with E-state index in [1.807, 2.05) is 38.1 Å². The Balaban J connectivity index is 2.16. The van der Waals surface area contributed by atoms with Crippen LogP contribution in [0.25, 0.3) is 0 Å². The second kappa shape index (κ2) is 5.44. The van der Waals surface area contributed by atoms with Crippen LogP contribution in [0.4, 0.5) is 5.82 Å². The molecule has 2 atom stereocenters. The number of nitrogens with zero attached hydrogens (tertiary/aromatic N) is 1. The molecule has 3 rings (SSSR count). The number of hydrogen-bond acceptors (Lipinski definition) is 4. The van der Waals surface area contributed by atoms with Crippen molar-refractivity contribution in [1.82, 2.24) is 10.2 Å². The molecule has 6 heteroatoms. The lowest BCUT2D eigenvalue weighted by Crippen LogP contribution is -2.21. The quantitative estimate of drug-likeness (QED) is 0.895. The molecule has 1 aliphatic rings. The zero-order chi connectivity index (χ0) is 15.0. The van der Waals surface area contributed by atoms with E-state index in [0.717, 1.165) is 22.6 Å². The monoisotopic (exact) mass is 303 g/mol. The molecule has 0 unspecified atom stereocenters. The van der Waals surface area contributed by atoms with Crippen LogP contribution in [0.2, 0.25) is 0 Å². The topological polar surface area (TPSA) is 67.0 Å². The summed E-state index contributed by atoms with van der Waals surface area (Å²) in [4.78, 5) is 12.1. The summed E-state index contributed by atoms with van der Waals surface area (Å²) in [5.41, 5.74) is 3.03. The maximum absolute atomic E-state index is 12.1. The summed E-state index contributed by atoms with van der Waals surface area (Å²) < 4.78 is 5.48. The van der Waals surface area contributed by atoms with E-state index in [-0.39, 0.29) is 16.4 Å². The number of benzene rings is 1. The van der Waals surface area contributed by atoms with E-state index in [2.05, 4.69) is 15.5 Å². The number of rotatable bonds is 2. The average Bonchev–Trinajstić information content (AvgIpc) is 2.79. The molecule has 0 aliphatic carbocycles. The number of ether oxygens (including phenoxy) is 1. The van der Waals surface area contributed by atoms with Crippen LogP contribution in [0.15, 0.2) is 24.3 Å². The van der Waals surface area contributed by atoms with Crippen LogP contribution in [-0.4, -0.2) is 28.5 Å². The van der Waals surface area contributed by atoms with Crippen LogP contribution in [-0.2, 0) is 4.79 Å². The molecule has 0 bridgehead atoms. The second-order valence-corrected chi connectivity index (χ2v) is 6.45. The number of aryl methyl sites for hydroxylation is 1. The first kappa shape index (κ1) is 14.0. The van der Waals surface area contributed by atoms with E-state index in [1.54, 1.807) is 18.9 Å². The Kier molecular flexibility index (Phi) is 3.63. The molecule has 0 saturated heterocycles. The van der Waals surface area contributed by atoms with Crippen LogP contribution in [0, 0.1) is 6.92 Å². The smallest absolute Gasteiger partial charge is 0.238 e. The molecule has 2 N–H and O–H groups in total. The highest BCUT2D eigenvalue weighted by atomic mass is 32.2. The average molecular weight is 303 g/mol. The lowest BCUT2D eigenvalue weighted by atomic mass is 10.0. The van der Waals surface area contributed by atoms with Crippen molar-refractivity contribution in [2.45, 2.75) is 24.3 Å². The first-order chi connectivity index (χ1) is 10.1. The predicted octanol–water partition coefficient (Wildman–Crippen LogP) is 2.89. The third-order valence-corrected chi connectivity index (χ3v) is 5.01. The lowest BCUT2D eigenvalue weighted by Gasteiger charge is -2.19. The summed E-state index contributed by atoms with van der Waals surface area (Å²) in [7, 11) is 1.66. The number of amides is 1. The van der Waals surface area contributed by atoms with Crippen molar-refractivity contribution in [3.63, 3.8) is 0 Å². The van der Waals surface area contributed by atoms with Crippen LogP contribution >= 0.6 is 11.8 Å². The third-order valence-electron chi connectivity index (χ3n) is 3.63. The van der Waals surface area contributed by atoms with Gasteiger partial charge in [-0.15, -0.1) is 11.8 Å². The van der Waals surface area contributed by atoms with E-state index >= 15 is 0 Å². The fourth-order valence-corrected chi connectivity index (χ4v) is 3.87. The Morgan fingerprint density at radius 2 is 2.10 bits per heavy atom. The highest BCUT2D eigenvalue weighted by Crippen LogP contribution is 2.47. The highest BCUT2D eigenvalue weighted by Gasteiger charge is 2.33. The summed E-state index contributed by atoms with van der Waals surface area (Å²) >= 11 is 1.61. The van der Waals surface area contributed by atoms with E-state index < -0.39 is 0 Å². The van der Waals surface area contributed by atoms with Gasteiger partial charge in [0.25, 0.3) is 0 Å². The molecule has 0 radical (unpaired) electrons. The van der Waals surface area contributed by atoms with Gasteiger partial charge in [-0.25, -0.2) is 0 Å². The number of aromatic nitrogens is 2. The van der Waals surface area contributed by atoms with Gasteiger partial charge in [0.05, 0.1) is 17.6 Å². The van der Waals surface area contributed by atoms with Gasteiger partial charge in [-0.2, -0.15) is 5.10 Å². The number of aromatic amines is 1. The van der Waals surface area contributed by atoms with Crippen molar-refractivity contribution in [2.24, 2.45) is 0 Å². The molecule has 0 fully saturated rings. The molecule has 1 aliphatic heterocycles. The molecule has 1 aromatic heterocycles. The SMILES string of the molecule is COc1ccccc1[C@H]1S[C@H](C)C(=O)Nc2n[nH]c(C)c21. The van der Waals surface area contributed by atoms with E-state index in [0.29, 0.717) is 5.82 Å². The molecule has 2 heterocycles. The molecule has 0 spiro atoms. The standard InChI is InChI=1S/C15H17N3O2S/c1-8-12-13(10-6-4-5-7-11(10)20-3)21-9(2)15(19)16-14(12)18-17-8/h4-7,9,13H,1-3H3,(H2,16,17,18,19)/t9-,13-/m1/s1. The Bertz CT molecular complexity index is 683. The molecule has 1 amide bonds. The number of methoxy groups -OCH3 is 1. The Morgan fingerprint density at radius 1 is 1.33 bits per heavy atom. The molecule has 110 valence electrons. The van der Waals surface area contributed by atoms with Crippen molar-refractivity contribution in [3.05, 3.63) is 41.1 Å². The molecule has 5 nitrogen and oxygen atoms in total. The minimum atomic E-state index is -0.159. The minimum Gasteiger partial charge on any atom is -0.496 e. The van der Waals surface area contributed by atoms with Crippen molar-refractivity contribution >= 4 is 23.5 Å². The predicted molar refractivity (Wildman–Crippen MR) is 83.8 cm³/mol. The highest BCUT2D eigenvalue weighted by molar-refractivity contribution is 8.01. The number of hydrogen-bond donors (Lipinski definition) is 2.